The monoisotopic (exact) mass is 143 g/mol. The van der Waals surface area contributed by atoms with Crippen LogP contribution in [0, 0.1) is 5.92 Å². The number of hydroxylamine groups is 1. The largest absolute Gasteiger partial charge is 0.317 e. The first kappa shape index (κ1) is 7.69. The SMILES string of the molecule is CC1C(=O)CCCC1NO. The van der Waals surface area contributed by atoms with Crippen LogP contribution in [-0.4, -0.2) is 17.0 Å². The number of carbonyl (C=O) groups is 1. The number of hydrogen-bond acceptors (Lipinski definition) is 3. The lowest BCUT2D eigenvalue weighted by atomic mass is 9.85. The predicted octanol–water partition coefficient (Wildman–Crippen LogP) is 0.723. The van der Waals surface area contributed by atoms with Gasteiger partial charge in [0.25, 0.3) is 0 Å². The van der Waals surface area contributed by atoms with Crippen molar-refractivity contribution in [2.75, 3.05) is 0 Å². The van der Waals surface area contributed by atoms with E-state index in [1.165, 1.54) is 0 Å². The Kier molecular flexibility index (Phi) is 2.40. The molecule has 0 radical (unpaired) electrons. The average Bonchev–Trinajstić information content (AvgIpc) is 1.95. The van der Waals surface area contributed by atoms with Gasteiger partial charge in [-0.15, -0.1) is 0 Å². The van der Waals surface area contributed by atoms with Crippen LogP contribution in [-0.2, 0) is 4.79 Å². The lowest BCUT2D eigenvalue weighted by Crippen LogP contribution is -2.39. The molecule has 0 aromatic rings. The van der Waals surface area contributed by atoms with Gasteiger partial charge in [-0.3, -0.25) is 4.79 Å². The zero-order chi connectivity index (χ0) is 7.56. The van der Waals surface area contributed by atoms with Crippen molar-refractivity contribution in [1.29, 1.82) is 0 Å². The van der Waals surface area contributed by atoms with E-state index >= 15 is 0 Å². The quantitative estimate of drug-likeness (QED) is 0.532. The molecule has 2 unspecified atom stereocenters. The van der Waals surface area contributed by atoms with Crippen LogP contribution in [0.4, 0.5) is 0 Å². The number of Topliss-reactive ketones (excluding diaryl/α,β-unsaturated/α-hetero) is 1. The normalized spacial score (nSPS) is 34.4. The first-order valence-corrected chi connectivity index (χ1v) is 3.68. The maximum Gasteiger partial charge on any atom is 0.137 e. The molecule has 0 aromatic heterocycles. The van der Waals surface area contributed by atoms with Gasteiger partial charge in [0.05, 0.1) is 0 Å². The van der Waals surface area contributed by atoms with Crippen molar-refractivity contribution in [1.82, 2.24) is 5.48 Å². The van der Waals surface area contributed by atoms with E-state index in [0.29, 0.717) is 6.42 Å². The van der Waals surface area contributed by atoms with Crippen molar-refractivity contribution in [3.8, 4) is 0 Å². The van der Waals surface area contributed by atoms with Crippen molar-refractivity contribution in [2.24, 2.45) is 5.92 Å². The van der Waals surface area contributed by atoms with Crippen molar-refractivity contribution < 1.29 is 10.0 Å². The van der Waals surface area contributed by atoms with Gasteiger partial charge in [-0.25, -0.2) is 5.48 Å². The predicted molar refractivity (Wildman–Crippen MR) is 36.7 cm³/mol. The summed E-state index contributed by atoms with van der Waals surface area (Å²) in [4.78, 5) is 11.0. The summed E-state index contributed by atoms with van der Waals surface area (Å²) in [6.07, 6.45) is 2.49. The molecule has 58 valence electrons. The van der Waals surface area contributed by atoms with Crippen molar-refractivity contribution in [3.63, 3.8) is 0 Å². The van der Waals surface area contributed by atoms with Crippen LogP contribution < -0.4 is 5.48 Å². The molecule has 2 atom stereocenters. The van der Waals surface area contributed by atoms with E-state index in [4.69, 9.17) is 5.21 Å². The van der Waals surface area contributed by atoms with E-state index < -0.39 is 0 Å². The second-order valence-electron chi connectivity index (χ2n) is 2.88. The van der Waals surface area contributed by atoms with Crippen molar-refractivity contribution in [3.05, 3.63) is 0 Å². The Labute approximate surface area is 60.4 Å². The van der Waals surface area contributed by atoms with Crippen LogP contribution in [0.3, 0.4) is 0 Å². The van der Waals surface area contributed by atoms with Gasteiger partial charge in [0.15, 0.2) is 0 Å². The van der Waals surface area contributed by atoms with Crippen molar-refractivity contribution in [2.45, 2.75) is 32.2 Å². The Morgan fingerprint density at radius 1 is 1.70 bits per heavy atom. The Morgan fingerprint density at radius 3 is 2.90 bits per heavy atom. The van der Waals surface area contributed by atoms with Crippen LogP contribution in [0.1, 0.15) is 26.2 Å². The van der Waals surface area contributed by atoms with E-state index in [2.05, 4.69) is 5.48 Å². The standard InChI is InChI=1S/C7H13NO2/c1-5-6(8-10)3-2-4-7(5)9/h5-6,8,10H,2-4H2,1H3. The van der Waals surface area contributed by atoms with Gasteiger partial charge in [-0.1, -0.05) is 6.92 Å². The molecule has 3 heteroatoms. The second kappa shape index (κ2) is 3.12. The summed E-state index contributed by atoms with van der Waals surface area (Å²) in [5, 5.41) is 8.58. The molecule has 0 aliphatic heterocycles. The summed E-state index contributed by atoms with van der Waals surface area (Å²) in [6, 6.07) is -0.0127. The van der Waals surface area contributed by atoms with E-state index in [-0.39, 0.29) is 17.7 Å². The van der Waals surface area contributed by atoms with Crippen LogP contribution in [0.25, 0.3) is 0 Å². The van der Waals surface area contributed by atoms with Gasteiger partial charge in [-0.05, 0) is 12.8 Å². The molecule has 1 aliphatic carbocycles. The zero-order valence-corrected chi connectivity index (χ0v) is 6.13. The molecule has 0 amide bonds. The Balaban J connectivity index is 2.51. The third kappa shape index (κ3) is 1.36. The molecular formula is C7H13NO2. The Bertz CT molecular complexity index is 136. The minimum Gasteiger partial charge on any atom is -0.317 e. The van der Waals surface area contributed by atoms with E-state index in [1.54, 1.807) is 0 Å². The first-order chi connectivity index (χ1) is 4.75. The number of ketones is 1. The third-order valence-corrected chi connectivity index (χ3v) is 2.22. The highest BCUT2D eigenvalue weighted by Crippen LogP contribution is 2.19. The topological polar surface area (TPSA) is 49.3 Å². The van der Waals surface area contributed by atoms with Crippen molar-refractivity contribution >= 4 is 5.78 Å². The fraction of sp³-hybridized carbons (Fsp3) is 0.857. The molecule has 0 saturated heterocycles. The van der Waals surface area contributed by atoms with Gasteiger partial charge in [0.2, 0.25) is 0 Å². The Hall–Kier alpha value is -0.410. The third-order valence-electron chi connectivity index (χ3n) is 2.22. The maximum absolute atomic E-state index is 11.0. The molecule has 10 heavy (non-hydrogen) atoms. The van der Waals surface area contributed by atoms with E-state index in [1.807, 2.05) is 6.92 Å². The molecule has 0 aromatic carbocycles. The molecular weight excluding hydrogens is 130 g/mol. The number of nitrogens with one attached hydrogen (secondary N) is 1. The van der Waals surface area contributed by atoms with E-state index in [0.717, 1.165) is 12.8 Å². The zero-order valence-electron chi connectivity index (χ0n) is 6.13. The minimum atomic E-state index is -0.0150. The molecule has 0 spiro atoms. The Morgan fingerprint density at radius 2 is 2.40 bits per heavy atom. The molecule has 3 nitrogen and oxygen atoms in total. The number of rotatable bonds is 1. The van der Waals surface area contributed by atoms with Crippen LogP contribution in [0.5, 0.6) is 0 Å². The highest BCUT2D eigenvalue weighted by Gasteiger charge is 2.26. The summed E-state index contributed by atoms with van der Waals surface area (Å²) >= 11 is 0. The number of hydrogen-bond donors (Lipinski definition) is 2. The van der Waals surface area contributed by atoms with Crippen LogP contribution >= 0.6 is 0 Å². The second-order valence-corrected chi connectivity index (χ2v) is 2.88. The first-order valence-electron chi connectivity index (χ1n) is 3.68. The van der Waals surface area contributed by atoms with E-state index in [9.17, 15) is 4.79 Å². The summed E-state index contributed by atoms with van der Waals surface area (Å²) in [6.45, 7) is 1.86. The minimum absolute atomic E-state index is 0.0127. The molecule has 1 fully saturated rings. The molecule has 1 aliphatic rings. The van der Waals surface area contributed by atoms with Gasteiger partial charge in [-0.2, -0.15) is 0 Å². The highest BCUT2D eigenvalue weighted by molar-refractivity contribution is 5.82. The maximum atomic E-state index is 11.0. The van der Waals surface area contributed by atoms with Gasteiger partial charge in [0, 0.05) is 18.4 Å². The van der Waals surface area contributed by atoms with Gasteiger partial charge in [0.1, 0.15) is 5.78 Å². The molecule has 0 bridgehead atoms. The fourth-order valence-corrected chi connectivity index (χ4v) is 1.37. The summed E-state index contributed by atoms with van der Waals surface area (Å²) in [7, 11) is 0. The molecule has 2 N–H and O–H groups in total. The highest BCUT2D eigenvalue weighted by atomic mass is 16.5. The number of carbonyl (C=O) groups excluding carboxylic acids is 1. The molecule has 0 heterocycles. The van der Waals surface area contributed by atoms with Crippen LogP contribution in [0.15, 0.2) is 0 Å². The lowest BCUT2D eigenvalue weighted by Gasteiger charge is -2.25. The average molecular weight is 143 g/mol. The molecule has 1 saturated carbocycles. The molecule has 1 rings (SSSR count). The van der Waals surface area contributed by atoms with Crippen LogP contribution in [0.2, 0.25) is 0 Å². The fourth-order valence-electron chi connectivity index (χ4n) is 1.37. The lowest BCUT2D eigenvalue weighted by molar-refractivity contribution is -0.126. The smallest absolute Gasteiger partial charge is 0.137 e. The summed E-state index contributed by atoms with van der Waals surface area (Å²) < 4.78 is 0. The summed E-state index contributed by atoms with van der Waals surface area (Å²) in [5.74, 6) is 0.247. The summed E-state index contributed by atoms with van der Waals surface area (Å²) in [5.41, 5.74) is 2.16. The van der Waals surface area contributed by atoms with Gasteiger partial charge >= 0.3 is 0 Å². The van der Waals surface area contributed by atoms with Gasteiger partial charge < -0.3 is 5.21 Å².